The van der Waals surface area contributed by atoms with E-state index in [0.29, 0.717) is 0 Å². The van der Waals surface area contributed by atoms with Crippen molar-refractivity contribution in [1.29, 1.82) is 0 Å². The standard InChI is InChI=1S/C9H10BrN3/c1-3-7-12-9(10)8-6(2)11-4-5-13(7)8/h4-5H,3H2,1-2H3. The second-order valence-electron chi connectivity index (χ2n) is 2.90. The molecule has 0 aliphatic rings. The molecular formula is C9H10BrN3. The molecule has 0 aromatic carbocycles. The summed E-state index contributed by atoms with van der Waals surface area (Å²) in [4.78, 5) is 8.63. The molecule has 0 aliphatic carbocycles. The van der Waals surface area contributed by atoms with Crippen LogP contribution in [0.3, 0.4) is 0 Å². The molecule has 0 amide bonds. The Bertz CT molecular complexity index is 447. The number of aromatic nitrogens is 3. The van der Waals surface area contributed by atoms with Crippen molar-refractivity contribution in [2.24, 2.45) is 0 Å². The molecule has 0 atom stereocenters. The molecule has 2 heterocycles. The van der Waals surface area contributed by atoms with Gasteiger partial charge in [0.25, 0.3) is 0 Å². The third-order valence-corrected chi connectivity index (χ3v) is 2.64. The van der Waals surface area contributed by atoms with Gasteiger partial charge in [0.15, 0.2) is 0 Å². The molecule has 13 heavy (non-hydrogen) atoms. The predicted octanol–water partition coefficient (Wildman–Crippen LogP) is 2.36. The Balaban J connectivity index is 2.87. The molecular weight excluding hydrogens is 230 g/mol. The Labute approximate surface area is 85.0 Å². The van der Waals surface area contributed by atoms with E-state index in [1.807, 2.05) is 13.1 Å². The highest BCUT2D eigenvalue weighted by Crippen LogP contribution is 2.20. The van der Waals surface area contributed by atoms with Gasteiger partial charge in [-0.15, -0.1) is 0 Å². The molecule has 0 bridgehead atoms. The van der Waals surface area contributed by atoms with Crippen LogP contribution < -0.4 is 0 Å². The first-order valence-corrected chi connectivity index (χ1v) is 5.01. The van der Waals surface area contributed by atoms with Crippen LogP contribution in [0.15, 0.2) is 17.0 Å². The normalized spacial score (nSPS) is 11.0. The molecule has 4 heteroatoms. The van der Waals surface area contributed by atoms with E-state index in [-0.39, 0.29) is 0 Å². The SMILES string of the molecule is CCc1nc(Br)c2c(C)nccn12. The fourth-order valence-corrected chi connectivity index (χ4v) is 2.14. The molecule has 0 unspecified atom stereocenters. The van der Waals surface area contributed by atoms with Crippen LogP contribution >= 0.6 is 15.9 Å². The Kier molecular flexibility index (Phi) is 2.07. The van der Waals surface area contributed by atoms with Crippen LogP contribution in [0.2, 0.25) is 0 Å². The Morgan fingerprint density at radius 3 is 3.00 bits per heavy atom. The van der Waals surface area contributed by atoms with Gasteiger partial charge in [-0.25, -0.2) is 4.98 Å². The lowest BCUT2D eigenvalue weighted by Gasteiger charge is -1.98. The molecule has 0 spiro atoms. The number of hydrogen-bond donors (Lipinski definition) is 0. The summed E-state index contributed by atoms with van der Waals surface area (Å²) in [6.45, 7) is 4.08. The third kappa shape index (κ3) is 1.25. The molecule has 0 saturated carbocycles. The maximum Gasteiger partial charge on any atom is 0.134 e. The van der Waals surface area contributed by atoms with E-state index in [1.165, 1.54) is 0 Å². The van der Waals surface area contributed by atoms with E-state index in [9.17, 15) is 0 Å². The van der Waals surface area contributed by atoms with Crippen molar-refractivity contribution < 1.29 is 0 Å². The average Bonchev–Trinajstić information content (AvgIpc) is 2.44. The van der Waals surface area contributed by atoms with Gasteiger partial charge in [-0.2, -0.15) is 0 Å². The van der Waals surface area contributed by atoms with Crippen molar-refractivity contribution in [2.75, 3.05) is 0 Å². The van der Waals surface area contributed by atoms with Gasteiger partial charge in [0.2, 0.25) is 0 Å². The second-order valence-corrected chi connectivity index (χ2v) is 3.65. The molecule has 0 aliphatic heterocycles. The number of aryl methyl sites for hydroxylation is 2. The Morgan fingerprint density at radius 1 is 1.54 bits per heavy atom. The van der Waals surface area contributed by atoms with E-state index >= 15 is 0 Å². The molecule has 3 nitrogen and oxygen atoms in total. The van der Waals surface area contributed by atoms with Gasteiger partial charge in [-0.1, -0.05) is 6.92 Å². The van der Waals surface area contributed by atoms with Gasteiger partial charge in [0, 0.05) is 18.8 Å². The first kappa shape index (κ1) is 8.69. The lowest BCUT2D eigenvalue weighted by Crippen LogP contribution is -1.94. The molecule has 0 radical (unpaired) electrons. The van der Waals surface area contributed by atoms with Crippen LogP contribution in [0.25, 0.3) is 5.52 Å². The maximum absolute atomic E-state index is 4.41. The maximum atomic E-state index is 4.41. The number of nitrogens with zero attached hydrogens (tertiary/aromatic N) is 3. The minimum absolute atomic E-state index is 0.884. The van der Waals surface area contributed by atoms with Gasteiger partial charge >= 0.3 is 0 Å². The molecule has 68 valence electrons. The smallest absolute Gasteiger partial charge is 0.134 e. The van der Waals surface area contributed by atoms with E-state index in [0.717, 1.165) is 28.1 Å². The molecule has 0 N–H and O–H groups in total. The number of fused-ring (bicyclic) bond motifs is 1. The van der Waals surface area contributed by atoms with Gasteiger partial charge in [-0.05, 0) is 22.9 Å². The van der Waals surface area contributed by atoms with Crippen LogP contribution in [0.4, 0.5) is 0 Å². The summed E-state index contributed by atoms with van der Waals surface area (Å²) in [6.07, 6.45) is 4.67. The zero-order chi connectivity index (χ0) is 9.42. The quantitative estimate of drug-likeness (QED) is 0.765. The molecule has 0 fully saturated rings. The fourth-order valence-electron chi connectivity index (χ4n) is 1.46. The summed E-state index contributed by atoms with van der Waals surface area (Å²) in [5.74, 6) is 1.06. The predicted molar refractivity (Wildman–Crippen MR) is 54.8 cm³/mol. The van der Waals surface area contributed by atoms with Crippen molar-refractivity contribution in [3.05, 3.63) is 28.5 Å². The van der Waals surface area contributed by atoms with Crippen LogP contribution in [0, 0.1) is 6.92 Å². The van der Waals surface area contributed by atoms with Gasteiger partial charge < -0.3 is 0 Å². The van der Waals surface area contributed by atoms with Crippen LogP contribution in [-0.2, 0) is 6.42 Å². The zero-order valence-electron chi connectivity index (χ0n) is 7.58. The van der Waals surface area contributed by atoms with Crippen molar-refractivity contribution in [1.82, 2.24) is 14.4 Å². The highest BCUT2D eigenvalue weighted by molar-refractivity contribution is 9.10. The molecule has 0 saturated heterocycles. The first-order valence-electron chi connectivity index (χ1n) is 4.22. The molecule has 2 aromatic rings. The lowest BCUT2D eigenvalue weighted by molar-refractivity contribution is 0.920. The van der Waals surface area contributed by atoms with E-state index in [1.54, 1.807) is 6.20 Å². The third-order valence-electron chi connectivity index (χ3n) is 2.08. The molecule has 2 aromatic heterocycles. The Morgan fingerprint density at radius 2 is 2.31 bits per heavy atom. The summed E-state index contributed by atoms with van der Waals surface area (Å²) in [7, 11) is 0. The van der Waals surface area contributed by atoms with Crippen LogP contribution in [0.5, 0.6) is 0 Å². The summed E-state index contributed by atoms with van der Waals surface area (Å²) in [6, 6.07) is 0. The van der Waals surface area contributed by atoms with E-state index in [2.05, 4.69) is 37.2 Å². The van der Waals surface area contributed by atoms with Crippen molar-refractivity contribution in [3.8, 4) is 0 Å². The number of imidazole rings is 1. The summed E-state index contributed by atoms with van der Waals surface area (Å²) < 4.78 is 2.96. The monoisotopic (exact) mass is 239 g/mol. The average molecular weight is 240 g/mol. The summed E-state index contributed by atoms with van der Waals surface area (Å²) >= 11 is 3.44. The van der Waals surface area contributed by atoms with Crippen LogP contribution in [0.1, 0.15) is 18.4 Å². The van der Waals surface area contributed by atoms with E-state index < -0.39 is 0 Å². The van der Waals surface area contributed by atoms with Gasteiger partial charge in [0.1, 0.15) is 15.9 Å². The zero-order valence-corrected chi connectivity index (χ0v) is 9.17. The Hall–Kier alpha value is -0.900. The highest BCUT2D eigenvalue weighted by atomic mass is 79.9. The number of hydrogen-bond acceptors (Lipinski definition) is 2. The highest BCUT2D eigenvalue weighted by Gasteiger charge is 2.09. The van der Waals surface area contributed by atoms with Crippen LogP contribution in [-0.4, -0.2) is 14.4 Å². The number of halogens is 1. The molecule has 2 rings (SSSR count). The largest absolute Gasteiger partial charge is 0.299 e. The van der Waals surface area contributed by atoms with E-state index in [4.69, 9.17) is 0 Å². The summed E-state index contributed by atoms with van der Waals surface area (Å²) in [5, 5.41) is 0. The van der Waals surface area contributed by atoms with Crippen molar-refractivity contribution >= 4 is 21.4 Å². The minimum atomic E-state index is 0.884. The van der Waals surface area contributed by atoms with Crippen molar-refractivity contribution in [3.63, 3.8) is 0 Å². The topological polar surface area (TPSA) is 30.2 Å². The first-order chi connectivity index (χ1) is 6.24. The van der Waals surface area contributed by atoms with Gasteiger partial charge in [0.05, 0.1) is 5.69 Å². The van der Waals surface area contributed by atoms with Crippen molar-refractivity contribution in [2.45, 2.75) is 20.3 Å². The number of rotatable bonds is 1. The summed E-state index contributed by atoms with van der Waals surface area (Å²) in [5.41, 5.74) is 2.07. The fraction of sp³-hybridized carbons (Fsp3) is 0.333. The minimum Gasteiger partial charge on any atom is -0.299 e. The lowest BCUT2D eigenvalue weighted by atomic mass is 10.4. The second kappa shape index (κ2) is 3.10. The van der Waals surface area contributed by atoms with Gasteiger partial charge in [-0.3, -0.25) is 9.38 Å².